The molecular weight excluding hydrogens is 300 g/mol. The van der Waals surface area contributed by atoms with Gasteiger partial charge in [0.05, 0.1) is 0 Å². The fourth-order valence-corrected chi connectivity index (χ4v) is 2.26. The molecule has 8 heteroatoms. The monoisotopic (exact) mass is 308 g/mol. The highest BCUT2D eigenvalue weighted by Crippen LogP contribution is 2.31. The van der Waals surface area contributed by atoms with Crippen molar-refractivity contribution in [3.05, 3.63) is 36.4 Å². The van der Waals surface area contributed by atoms with E-state index in [0.29, 0.717) is 10.8 Å². The van der Waals surface area contributed by atoms with Crippen LogP contribution in [0.2, 0.25) is 0 Å². The summed E-state index contributed by atoms with van der Waals surface area (Å²) in [6, 6.07) is 9.06. The molecule has 2 aromatic rings. The maximum Gasteiger partial charge on any atom is 0.534 e. The van der Waals surface area contributed by atoms with Gasteiger partial charge in [0.25, 0.3) is 0 Å². The molecule has 0 aliphatic carbocycles. The van der Waals surface area contributed by atoms with Gasteiger partial charge in [-0.25, -0.2) is 0 Å². The van der Waals surface area contributed by atoms with Gasteiger partial charge >= 0.3 is 15.6 Å². The lowest BCUT2D eigenvalue weighted by molar-refractivity contribution is -0.0499. The highest BCUT2D eigenvalue weighted by Gasteiger charge is 2.48. The third-order valence-electron chi connectivity index (χ3n) is 2.35. The molecule has 2 aromatic carbocycles. The molecule has 19 heavy (non-hydrogen) atoms. The van der Waals surface area contributed by atoms with Crippen molar-refractivity contribution in [3.8, 4) is 5.75 Å². The molecule has 3 nitrogen and oxygen atoms in total. The Balaban J connectivity index is 2.53. The van der Waals surface area contributed by atoms with Crippen molar-refractivity contribution in [1.29, 1.82) is 0 Å². The standard InChI is InChI=1S/C11H8F3O3PS/c12-11(13,14)19(15,16)17-10-3-1-2-7-6-8(18)4-5-9(7)10/h1-6H,18H2. The van der Waals surface area contributed by atoms with Crippen LogP contribution < -0.4 is 9.49 Å². The van der Waals surface area contributed by atoms with Gasteiger partial charge in [-0.1, -0.05) is 18.2 Å². The zero-order valence-corrected chi connectivity index (χ0v) is 11.3. The van der Waals surface area contributed by atoms with Crippen LogP contribution in [-0.2, 0) is 10.1 Å². The lowest BCUT2D eigenvalue weighted by Crippen LogP contribution is -2.28. The molecule has 0 amide bonds. The second-order valence-electron chi connectivity index (χ2n) is 3.72. The molecule has 2 rings (SSSR count). The Morgan fingerprint density at radius 1 is 1.11 bits per heavy atom. The first kappa shape index (κ1) is 14.1. The summed E-state index contributed by atoms with van der Waals surface area (Å²) in [5.41, 5.74) is -5.45. The molecule has 0 saturated heterocycles. The molecule has 0 saturated carbocycles. The van der Waals surface area contributed by atoms with Crippen LogP contribution in [0.5, 0.6) is 5.75 Å². The highest BCUT2D eigenvalue weighted by atomic mass is 32.2. The summed E-state index contributed by atoms with van der Waals surface area (Å²) in [4.78, 5) is 0. The van der Waals surface area contributed by atoms with Crippen LogP contribution in [0.4, 0.5) is 13.2 Å². The number of hydrogen-bond donors (Lipinski definition) is 0. The third kappa shape index (κ3) is 2.82. The summed E-state index contributed by atoms with van der Waals surface area (Å²) < 4.78 is 62.9. The predicted octanol–water partition coefficient (Wildman–Crippen LogP) is 2.57. The van der Waals surface area contributed by atoms with E-state index in [-0.39, 0.29) is 5.75 Å². The van der Waals surface area contributed by atoms with Crippen LogP contribution in [-0.4, -0.2) is 13.9 Å². The fraction of sp³-hybridized carbons (Fsp3) is 0.0909. The Kier molecular flexibility index (Phi) is 3.45. The summed E-state index contributed by atoms with van der Waals surface area (Å²) >= 11 is 0. The summed E-state index contributed by atoms with van der Waals surface area (Å²) in [5, 5.41) is 1.70. The third-order valence-corrected chi connectivity index (χ3v) is 3.67. The number of alkyl halides is 3. The van der Waals surface area contributed by atoms with Crippen LogP contribution in [0, 0.1) is 0 Å². The van der Waals surface area contributed by atoms with Gasteiger partial charge in [0, 0.05) is 5.39 Å². The summed E-state index contributed by atoms with van der Waals surface area (Å²) in [7, 11) is -3.22. The molecule has 0 heterocycles. The van der Waals surface area contributed by atoms with E-state index in [2.05, 4.69) is 13.4 Å². The summed E-state index contributed by atoms with van der Waals surface area (Å²) in [6.45, 7) is 0. The van der Waals surface area contributed by atoms with Gasteiger partial charge in [-0.3, -0.25) is 0 Å². The van der Waals surface area contributed by atoms with Gasteiger partial charge < -0.3 is 4.18 Å². The number of hydrogen-bond acceptors (Lipinski definition) is 3. The number of halogens is 3. The maximum absolute atomic E-state index is 12.3. The van der Waals surface area contributed by atoms with E-state index >= 15 is 0 Å². The number of fused-ring (bicyclic) bond motifs is 1. The Hall–Kier alpha value is -1.33. The first-order valence-corrected chi connectivity index (χ1v) is 6.98. The molecule has 0 radical (unpaired) electrons. The van der Waals surface area contributed by atoms with Gasteiger partial charge in [-0.05, 0) is 28.9 Å². The van der Waals surface area contributed by atoms with Gasteiger partial charge in [-0.2, -0.15) is 21.6 Å². The van der Waals surface area contributed by atoms with Crippen molar-refractivity contribution in [2.75, 3.05) is 0 Å². The van der Waals surface area contributed by atoms with E-state index < -0.39 is 15.6 Å². The Labute approximate surface area is 109 Å². The van der Waals surface area contributed by atoms with Crippen LogP contribution in [0.3, 0.4) is 0 Å². The Morgan fingerprint density at radius 2 is 1.79 bits per heavy atom. The van der Waals surface area contributed by atoms with Gasteiger partial charge in [-0.15, -0.1) is 9.24 Å². The molecule has 0 aliphatic rings. The average molecular weight is 308 g/mol. The number of rotatable bonds is 2. The van der Waals surface area contributed by atoms with Crippen molar-refractivity contribution in [1.82, 2.24) is 0 Å². The largest absolute Gasteiger partial charge is 0.534 e. The second-order valence-corrected chi connectivity index (χ2v) is 5.92. The van der Waals surface area contributed by atoms with E-state index in [1.165, 1.54) is 18.2 Å². The van der Waals surface area contributed by atoms with E-state index in [0.717, 1.165) is 5.30 Å². The normalized spacial score (nSPS) is 12.6. The van der Waals surface area contributed by atoms with Gasteiger partial charge in [0.1, 0.15) is 0 Å². The van der Waals surface area contributed by atoms with Crippen LogP contribution in [0.25, 0.3) is 10.8 Å². The molecule has 1 unspecified atom stereocenters. The molecule has 0 aliphatic heterocycles. The SMILES string of the molecule is O=S(=O)(Oc1cccc2cc(P)ccc12)C(F)(F)F. The van der Waals surface area contributed by atoms with E-state index in [4.69, 9.17) is 0 Å². The fourth-order valence-electron chi connectivity index (χ4n) is 1.51. The molecule has 0 N–H and O–H groups in total. The molecule has 0 fully saturated rings. The second kappa shape index (κ2) is 4.65. The molecule has 0 aromatic heterocycles. The first-order valence-electron chi connectivity index (χ1n) is 5.00. The zero-order chi connectivity index (χ0) is 14.3. The van der Waals surface area contributed by atoms with Crippen LogP contribution in [0.15, 0.2) is 36.4 Å². The van der Waals surface area contributed by atoms with Crippen LogP contribution in [0.1, 0.15) is 0 Å². The van der Waals surface area contributed by atoms with Crippen molar-refractivity contribution < 1.29 is 25.8 Å². The molecule has 102 valence electrons. The lowest BCUT2D eigenvalue weighted by atomic mass is 10.1. The Morgan fingerprint density at radius 3 is 2.42 bits per heavy atom. The van der Waals surface area contributed by atoms with Crippen molar-refractivity contribution in [3.63, 3.8) is 0 Å². The van der Waals surface area contributed by atoms with E-state index in [9.17, 15) is 21.6 Å². The van der Waals surface area contributed by atoms with Crippen LogP contribution >= 0.6 is 9.24 Å². The molecule has 1 atom stereocenters. The average Bonchev–Trinajstić information content (AvgIpc) is 2.26. The van der Waals surface area contributed by atoms with Crippen molar-refractivity contribution in [2.24, 2.45) is 0 Å². The highest BCUT2D eigenvalue weighted by molar-refractivity contribution is 7.88. The minimum Gasteiger partial charge on any atom is -0.375 e. The minimum absolute atomic E-state index is 0.293. The minimum atomic E-state index is -5.66. The van der Waals surface area contributed by atoms with E-state index in [1.54, 1.807) is 18.2 Å². The lowest BCUT2D eigenvalue weighted by Gasteiger charge is -2.11. The quantitative estimate of drug-likeness (QED) is 0.486. The zero-order valence-electron chi connectivity index (χ0n) is 9.31. The Bertz CT molecular complexity index is 726. The smallest absolute Gasteiger partial charge is 0.375 e. The first-order chi connectivity index (χ1) is 8.71. The topological polar surface area (TPSA) is 43.4 Å². The van der Waals surface area contributed by atoms with Crippen molar-refractivity contribution in [2.45, 2.75) is 5.51 Å². The maximum atomic E-state index is 12.3. The van der Waals surface area contributed by atoms with Gasteiger partial charge in [0.15, 0.2) is 5.75 Å². The van der Waals surface area contributed by atoms with E-state index in [1.807, 2.05) is 0 Å². The molecule has 0 bridgehead atoms. The molecule has 0 spiro atoms. The predicted molar refractivity (Wildman–Crippen MR) is 68.9 cm³/mol. The van der Waals surface area contributed by atoms with Gasteiger partial charge in [0.2, 0.25) is 0 Å². The summed E-state index contributed by atoms with van der Waals surface area (Å²) in [5.74, 6) is -0.347. The summed E-state index contributed by atoms with van der Waals surface area (Å²) in [6.07, 6.45) is 0. The van der Waals surface area contributed by atoms with Crippen molar-refractivity contribution >= 4 is 35.4 Å². The molecular formula is C11H8F3O3PS. The number of benzene rings is 2.